The Morgan fingerprint density at radius 3 is 2.20 bits per heavy atom. The number of hydrogen-bond donors (Lipinski definition) is 2. The molecule has 1 aliphatic heterocycles. The van der Waals surface area contributed by atoms with Gasteiger partial charge in [0.25, 0.3) is 0 Å². The summed E-state index contributed by atoms with van der Waals surface area (Å²) < 4.78 is 0. The van der Waals surface area contributed by atoms with E-state index in [9.17, 15) is 14.4 Å². The number of carbonyl (C=O) groups is 3. The molecular formula is C14H22N2O4. The SMILES string of the molecule is O=C(O)C1CCCCC1C(=O)NCC(=O)N1CCCC1. The fourth-order valence-corrected chi connectivity index (χ4v) is 3.11. The molecule has 0 spiro atoms. The summed E-state index contributed by atoms with van der Waals surface area (Å²) in [5, 5.41) is 11.8. The minimum Gasteiger partial charge on any atom is -0.481 e. The number of likely N-dealkylation sites (tertiary alicyclic amines) is 1. The number of hydrogen-bond acceptors (Lipinski definition) is 3. The maximum atomic E-state index is 12.1. The van der Waals surface area contributed by atoms with E-state index in [1.807, 2.05) is 0 Å². The highest BCUT2D eigenvalue weighted by atomic mass is 16.4. The van der Waals surface area contributed by atoms with Crippen molar-refractivity contribution in [3.8, 4) is 0 Å². The lowest BCUT2D eigenvalue weighted by Gasteiger charge is -2.27. The van der Waals surface area contributed by atoms with E-state index in [2.05, 4.69) is 5.32 Å². The lowest BCUT2D eigenvalue weighted by molar-refractivity contribution is -0.149. The normalized spacial score (nSPS) is 26.3. The summed E-state index contributed by atoms with van der Waals surface area (Å²) in [6.45, 7) is 1.51. The Morgan fingerprint density at radius 2 is 1.60 bits per heavy atom. The van der Waals surface area contributed by atoms with Crippen LogP contribution in [-0.2, 0) is 14.4 Å². The molecule has 20 heavy (non-hydrogen) atoms. The van der Waals surface area contributed by atoms with E-state index in [0.717, 1.165) is 38.8 Å². The number of carboxylic acids is 1. The molecule has 1 aliphatic carbocycles. The van der Waals surface area contributed by atoms with Crippen molar-refractivity contribution in [2.45, 2.75) is 38.5 Å². The first-order chi connectivity index (χ1) is 9.59. The fourth-order valence-electron chi connectivity index (χ4n) is 3.11. The first-order valence-corrected chi connectivity index (χ1v) is 7.38. The van der Waals surface area contributed by atoms with Gasteiger partial charge in [-0.3, -0.25) is 14.4 Å². The van der Waals surface area contributed by atoms with Gasteiger partial charge in [-0.15, -0.1) is 0 Å². The monoisotopic (exact) mass is 282 g/mol. The summed E-state index contributed by atoms with van der Waals surface area (Å²) in [5.74, 6) is -2.36. The highest BCUT2D eigenvalue weighted by molar-refractivity contribution is 5.88. The van der Waals surface area contributed by atoms with E-state index >= 15 is 0 Å². The lowest BCUT2D eigenvalue weighted by atomic mass is 9.79. The predicted molar refractivity (Wildman–Crippen MR) is 71.9 cm³/mol. The number of nitrogens with zero attached hydrogens (tertiary/aromatic N) is 1. The number of carboxylic acid groups (broad SMARTS) is 1. The number of carbonyl (C=O) groups excluding carboxylic acids is 2. The highest BCUT2D eigenvalue weighted by Crippen LogP contribution is 2.30. The van der Waals surface area contributed by atoms with E-state index in [0.29, 0.717) is 12.8 Å². The van der Waals surface area contributed by atoms with Crippen molar-refractivity contribution in [2.75, 3.05) is 19.6 Å². The third-order valence-corrected chi connectivity index (χ3v) is 4.29. The summed E-state index contributed by atoms with van der Waals surface area (Å²) in [7, 11) is 0. The molecule has 0 radical (unpaired) electrons. The van der Waals surface area contributed by atoms with Gasteiger partial charge in [0.2, 0.25) is 11.8 Å². The zero-order chi connectivity index (χ0) is 14.5. The van der Waals surface area contributed by atoms with Crippen LogP contribution in [0.2, 0.25) is 0 Å². The number of rotatable bonds is 4. The van der Waals surface area contributed by atoms with Crippen molar-refractivity contribution < 1.29 is 19.5 Å². The quantitative estimate of drug-likeness (QED) is 0.791. The average Bonchev–Trinajstić information content (AvgIpc) is 2.98. The first-order valence-electron chi connectivity index (χ1n) is 7.38. The predicted octanol–water partition coefficient (Wildman–Crippen LogP) is 0.616. The van der Waals surface area contributed by atoms with E-state index in [-0.39, 0.29) is 18.4 Å². The van der Waals surface area contributed by atoms with Crippen LogP contribution < -0.4 is 5.32 Å². The second-order valence-corrected chi connectivity index (χ2v) is 5.64. The van der Waals surface area contributed by atoms with Gasteiger partial charge in [-0.2, -0.15) is 0 Å². The van der Waals surface area contributed by atoms with E-state index in [1.165, 1.54) is 0 Å². The summed E-state index contributed by atoms with van der Waals surface area (Å²) in [5.41, 5.74) is 0. The Bertz CT molecular complexity index is 391. The molecular weight excluding hydrogens is 260 g/mol. The maximum Gasteiger partial charge on any atom is 0.307 e. The van der Waals surface area contributed by atoms with Gasteiger partial charge in [-0.05, 0) is 25.7 Å². The van der Waals surface area contributed by atoms with Crippen molar-refractivity contribution in [3.63, 3.8) is 0 Å². The van der Waals surface area contributed by atoms with Gasteiger partial charge in [0.05, 0.1) is 18.4 Å². The van der Waals surface area contributed by atoms with Crippen LogP contribution in [0, 0.1) is 11.8 Å². The van der Waals surface area contributed by atoms with Crippen molar-refractivity contribution in [3.05, 3.63) is 0 Å². The lowest BCUT2D eigenvalue weighted by Crippen LogP contribution is -2.44. The van der Waals surface area contributed by atoms with Gasteiger partial charge in [0.1, 0.15) is 0 Å². The minimum atomic E-state index is -0.907. The molecule has 1 saturated heterocycles. The molecule has 2 fully saturated rings. The van der Waals surface area contributed by atoms with Crippen molar-refractivity contribution in [1.29, 1.82) is 0 Å². The molecule has 2 rings (SSSR count). The Hall–Kier alpha value is -1.59. The molecule has 2 N–H and O–H groups in total. The van der Waals surface area contributed by atoms with Crippen LogP contribution in [0.5, 0.6) is 0 Å². The third kappa shape index (κ3) is 3.49. The number of aliphatic carboxylic acids is 1. The minimum absolute atomic E-state index is 0.0122. The van der Waals surface area contributed by atoms with Crippen LogP contribution in [0.15, 0.2) is 0 Å². The largest absolute Gasteiger partial charge is 0.481 e. The molecule has 1 heterocycles. The smallest absolute Gasteiger partial charge is 0.307 e. The summed E-state index contributed by atoms with van der Waals surface area (Å²) in [6, 6.07) is 0. The average molecular weight is 282 g/mol. The Balaban J connectivity index is 1.83. The highest BCUT2D eigenvalue weighted by Gasteiger charge is 2.35. The molecule has 0 bridgehead atoms. The van der Waals surface area contributed by atoms with Gasteiger partial charge in [-0.1, -0.05) is 12.8 Å². The Morgan fingerprint density at radius 1 is 1.00 bits per heavy atom. The van der Waals surface area contributed by atoms with Gasteiger partial charge in [-0.25, -0.2) is 0 Å². The van der Waals surface area contributed by atoms with Gasteiger partial charge < -0.3 is 15.3 Å². The van der Waals surface area contributed by atoms with Crippen molar-refractivity contribution in [1.82, 2.24) is 10.2 Å². The second-order valence-electron chi connectivity index (χ2n) is 5.64. The van der Waals surface area contributed by atoms with Crippen LogP contribution >= 0.6 is 0 Å². The van der Waals surface area contributed by atoms with Crippen LogP contribution in [0.1, 0.15) is 38.5 Å². The Kier molecular flexibility index (Phi) is 4.98. The van der Waals surface area contributed by atoms with Gasteiger partial charge in [0.15, 0.2) is 0 Å². The molecule has 6 heteroatoms. The van der Waals surface area contributed by atoms with E-state index in [1.54, 1.807) is 4.90 Å². The van der Waals surface area contributed by atoms with Crippen LogP contribution in [0.3, 0.4) is 0 Å². The van der Waals surface area contributed by atoms with Gasteiger partial charge >= 0.3 is 5.97 Å². The van der Waals surface area contributed by atoms with Crippen molar-refractivity contribution in [2.24, 2.45) is 11.8 Å². The maximum absolute atomic E-state index is 12.1. The van der Waals surface area contributed by atoms with Crippen LogP contribution in [0.4, 0.5) is 0 Å². The molecule has 0 aromatic rings. The summed E-state index contributed by atoms with van der Waals surface area (Å²) >= 11 is 0. The third-order valence-electron chi connectivity index (χ3n) is 4.29. The number of nitrogens with one attached hydrogen (secondary N) is 1. The second kappa shape index (κ2) is 6.72. The van der Waals surface area contributed by atoms with Crippen molar-refractivity contribution >= 4 is 17.8 Å². The molecule has 0 aromatic carbocycles. The standard InChI is InChI=1S/C14H22N2O4/c17-12(16-7-3-4-8-16)9-15-13(18)10-5-1-2-6-11(10)14(19)20/h10-11H,1-9H2,(H,15,18)(H,19,20). The van der Waals surface area contributed by atoms with E-state index < -0.39 is 17.8 Å². The zero-order valence-electron chi connectivity index (χ0n) is 11.6. The summed E-state index contributed by atoms with van der Waals surface area (Å²) in [4.78, 5) is 36.8. The first kappa shape index (κ1) is 14.8. The molecule has 1 saturated carbocycles. The summed E-state index contributed by atoms with van der Waals surface area (Å²) in [6.07, 6.45) is 4.91. The van der Waals surface area contributed by atoms with E-state index in [4.69, 9.17) is 5.11 Å². The molecule has 2 unspecified atom stereocenters. The number of amides is 2. The Labute approximate surface area is 118 Å². The molecule has 0 aromatic heterocycles. The molecule has 2 aliphatic rings. The van der Waals surface area contributed by atoms with Crippen LogP contribution in [0.25, 0.3) is 0 Å². The zero-order valence-corrected chi connectivity index (χ0v) is 11.6. The molecule has 6 nitrogen and oxygen atoms in total. The van der Waals surface area contributed by atoms with Gasteiger partial charge in [0, 0.05) is 13.1 Å². The molecule has 2 amide bonds. The fraction of sp³-hybridized carbons (Fsp3) is 0.786. The molecule has 2 atom stereocenters. The van der Waals surface area contributed by atoms with Crippen LogP contribution in [-0.4, -0.2) is 47.4 Å². The topological polar surface area (TPSA) is 86.7 Å². The molecule has 112 valence electrons.